The van der Waals surface area contributed by atoms with Gasteiger partial charge in [-0.25, -0.2) is 14.4 Å². The Kier molecular flexibility index (Phi) is 7.52. The van der Waals surface area contributed by atoms with E-state index in [1.165, 1.54) is 14.0 Å². The van der Waals surface area contributed by atoms with Crippen molar-refractivity contribution in [2.45, 2.75) is 13.8 Å². The molecule has 0 radical (unpaired) electrons. The van der Waals surface area contributed by atoms with Gasteiger partial charge in [0, 0.05) is 22.8 Å². The van der Waals surface area contributed by atoms with Gasteiger partial charge >= 0.3 is 17.9 Å². The van der Waals surface area contributed by atoms with Crippen LogP contribution < -0.4 is 14.2 Å². The predicted octanol–water partition coefficient (Wildman–Crippen LogP) is 3.87. The highest BCUT2D eigenvalue weighted by atomic mass is 16.6. The lowest BCUT2D eigenvalue weighted by Crippen LogP contribution is -2.19. The minimum atomic E-state index is -0.733. The monoisotopic (exact) mass is 410 g/mol. The lowest BCUT2D eigenvalue weighted by molar-refractivity contribution is -0.150. The first-order valence-electron chi connectivity index (χ1n) is 8.90. The van der Waals surface area contributed by atoms with E-state index in [1.54, 1.807) is 49.4 Å². The van der Waals surface area contributed by atoms with Crippen molar-refractivity contribution in [1.82, 2.24) is 0 Å². The van der Waals surface area contributed by atoms with Crippen LogP contribution in [0.1, 0.15) is 13.8 Å². The molecule has 0 fully saturated rings. The zero-order chi connectivity index (χ0) is 22.3. The third-order valence-electron chi connectivity index (χ3n) is 3.80. The predicted molar refractivity (Wildman–Crippen MR) is 110 cm³/mol. The van der Waals surface area contributed by atoms with Crippen LogP contribution in [0.5, 0.6) is 17.2 Å². The molecule has 2 aromatic carbocycles. The molecule has 30 heavy (non-hydrogen) atoms. The molecule has 0 unspecified atom stereocenters. The first kappa shape index (κ1) is 22.4. The van der Waals surface area contributed by atoms with E-state index in [9.17, 15) is 14.4 Å². The highest BCUT2D eigenvalue weighted by Crippen LogP contribution is 2.34. The van der Waals surface area contributed by atoms with Gasteiger partial charge in [-0.1, -0.05) is 25.3 Å². The van der Waals surface area contributed by atoms with Crippen molar-refractivity contribution in [3.05, 3.63) is 66.8 Å². The summed E-state index contributed by atoms with van der Waals surface area (Å²) in [5, 5.41) is 0. The minimum absolute atomic E-state index is 0.189. The van der Waals surface area contributed by atoms with Crippen LogP contribution in [-0.4, -0.2) is 31.6 Å². The summed E-state index contributed by atoms with van der Waals surface area (Å²) >= 11 is 0. The normalized spacial score (nSPS) is 9.97. The lowest BCUT2D eigenvalue weighted by Gasteiger charge is -2.12. The van der Waals surface area contributed by atoms with Crippen molar-refractivity contribution in [2.24, 2.45) is 0 Å². The fourth-order valence-corrected chi connectivity index (χ4v) is 2.28. The van der Waals surface area contributed by atoms with Gasteiger partial charge in [0.05, 0.1) is 7.11 Å². The molecule has 7 heteroatoms. The number of carbonyl (C=O) groups excluding carboxylic acids is 3. The average molecular weight is 410 g/mol. The molecular weight excluding hydrogens is 388 g/mol. The molecule has 7 nitrogen and oxygen atoms in total. The molecule has 0 saturated carbocycles. The first-order chi connectivity index (χ1) is 14.2. The summed E-state index contributed by atoms with van der Waals surface area (Å²) < 4.78 is 20.5. The first-order valence-corrected chi connectivity index (χ1v) is 8.90. The molecule has 2 rings (SSSR count). The minimum Gasteiger partial charge on any atom is -0.496 e. The third kappa shape index (κ3) is 6.07. The van der Waals surface area contributed by atoms with Gasteiger partial charge in [-0.2, -0.15) is 0 Å². The zero-order valence-corrected chi connectivity index (χ0v) is 17.0. The maximum atomic E-state index is 11.8. The van der Waals surface area contributed by atoms with E-state index in [4.69, 9.17) is 18.9 Å². The van der Waals surface area contributed by atoms with Crippen LogP contribution in [0.25, 0.3) is 11.1 Å². The van der Waals surface area contributed by atoms with Gasteiger partial charge in [0.2, 0.25) is 0 Å². The maximum Gasteiger partial charge on any atom is 0.349 e. The molecule has 0 heterocycles. The molecule has 0 bridgehead atoms. The summed E-state index contributed by atoms with van der Waals surface area (Å²) in [6.45, 7) is 9.50. The van der Waals surface area contributed by atoms with Gasteiger partial charge in [-0.05, 0) is 43.7 Å². The SMILES string of the molecule is C=C(C)C(=O)OCC(=O)Oc1ccc(-c2ccc(OC(=O)C(=C)C)cc2)c(OC)c1. The van der Waals surface area contributed by atoms with Crippen LogP contribution >= 0.6 is 0 Å². The van der Waals surface area contributed by atoms with E-state index < -0.39 is 24.5 Å². The summed E-state index contributed by atoms with van der Waals surface area (Å²) in [5.41, 5.74) is 2.04. The third-order valence-corrected chi connectivity index (χ3v) is 3.80. The lowest BCUT2D eigenvalue weighted by atomic mass is 10.0. The fourth-order valence-electron chi connectivity index (χ4n) is 2.28. The second-order valence-corrected chi connectivity index (χ2v) is 6.39. The number of esters is 3. The molecule has 0 N–H and O–H groups in total. The van der Waals surface area contributed by atoms with Crippen molar-refractivity contribution in [1.29, 1.82) is 0 Å². The van der Waals surface area contributed by atoms with Crippen LogP contribution in [-0.2, 0) is 19.1 Å². The summed E-state index contributed by atoms with van der Waals surface area (Å²) in [6.07, 6.45) is 0. The van der Waals surface area contributed by atoms with Crippen molar-refractivity contribution in [2.75, 3.05) is 13.7 Å². The summed E-state index contributed by atoms with van der Waals surface area (Å²) in [7, 11) is 1.49. The molecule has 0 aliphatic heterocycles. The molecule has 0 amide bonds. The van der Waals surface area contributed by atoms with Gasteiger partial charge < -0.3 is 18.9 Å². The van der Waals surface area contributed by atoms with Crippen molar-refractivity contribution < 1.29 is 33.3 Å². The molecule has 0 aliphatic carbocycles. The van der Waals surface area contributed by atoms with E-state index >= 15 is 0 Å². The summed E-state index contributed by atoms with van der Waals surface area (Å²) in [6, 6.07) is 11.7. The second-order valence-electron chi connectivity index (χ2n) is 6.39. The van der Waals surface area contributed by atoms with Crippen molar-refractivity contribution in [3.63, 3.8) is 0 Å². The molecule has 156 valence electrons. The van der Waals surface area contributed by atoms with Crippen LogP contribution in [0.2, 0.25) is 0 Å². The molecule has 0 spiro atoms. The maximum absolute atomic E-state index is 11.8. The van der Waals surface area contributed by atoms with Crippen molar-refractivity contribution in [3.8, 4) is 28.4 Å². The van der Waals surface area contributed by atoms with Crippen molar-refractivity contribution >= 4 is 17.9 Å². The van der Waals surface area contributed by atoms with Gasteiger partial charge in [-0.15, -0.1) is 0 Å². The van der Waals surface area contributed by atoms with Gasteiger partial charge in [0.1, 0.15) is 17.2 Å². The molecular formula is C23H22O7. The molecule has 0 aliphatic rings. The Hall–Kier alpha value is -3.87. The van der Waals surface area contributed by atoms with Crippen LogP contribution in [0.3, 0.4) is 0 Å². The van der Waals surface area contributed by atoms with E-state index in [0.717, 1.165) is 11.1 Å². The Labute approximate surface area is 174 Å². The number of benzene rings is 2. The Morgan fingerprint density at radius 1 is 0.833 bits per heavy atom. The molecule has 0 atom stereocenters. The Bertz CT molecular complexity index is 987. The Morgan fingerprint density at radius 3 is 2.00 bits per heavy atom. The van der Waals surface area contributed by atoms with Crippen LogP contribution in [0.4, 0.5) is 0 Å². The summed E-state index contributed by atoms with van der Waals surface area (Å²) in [5.74, 6) is -0.814. The Morgan fingerprint density at radius 2 is 1.43 bits per heavy atom. The smallest absolute Gasteiger partial charge is 0.349 e. The Balaban J connectivity index is 2.11. The van der Waals surface area contributed by atoms with E-state index in [2.05, 4.69) is 13.2 Å². The number of ether oxygens (including phenoxy) is 4. The van der Waals surface area contributed by atoms with E-state index in [0.29, 0.717) is 17.1 Å². The number of hydrogen-bond acceptors (Lipinski definition) is 7. The van der Waals surface area contributed by atoms with Gasteiger partial charge in [0.25, 0.3) is 0 Å². The van der Waals surface area contributed by atoms with E-state index in [1.807, 2.05) is 0 Å². The molecule has 0 aromatic heterocycles. The highest BCUT2D eigenvalue weighted by Gasteiger charge is 2.13. The largest absolute Gasteiger partial charge is 0.496 e. The van der Waals surface area contributed by atoms with Gasteiger partial charge in [-0.3, -0.25) is 0 Å². The van der Waals surface area contributed by atoms with Gasteiger partial charge in [0.15, 0.2) is 6.61 Å². The molecule has 0 saturated heterocycles. The fraction of sp³-hybridized carbons (Fsp3) is 0.174. The second kappa shape index (κ2) is 10.1. The highest BCUT2D eigenvalue weighted by molar-refractivity contribution is 5.89. The quantitative estimate of drug-likeness (QED) is 0.371. The average Bonchev–Trinajstić information content (AvgIpc) is 2.72. The zero-order valence-electron chi connectivity index (χ0n) is 17.0. The number of rotatable bonds is 8. The van der Waals surface area contributed by atoms with Crippen LogP contribution in [0, 0.1) is 0 Å². The summed E-state index contributed by atoms with van der Waals surface area (Å²) in [4.78, 5) is 34.8. The standard InChI is InChI=1S/C23H22O7/c1-14(2)22(25)28-13-21(24)29-18-10-11-19(20(12-18)27-5)16-6-8-17(9-7-16)30-23(26)15(3)4/h6-12H,1,3,13H2,2,4-5H3. The number of hydrogen-bond donors (Lipinski definition) is 0. The van der Waals surface area contributed by atoms with E-state index in [-0.39, 0.29) is 11.3 Å². The molecule has 2 aromatic rings. The number of carbonyl (C=O) groups is 3. The van der Waals surface area contributed by atoms with Crippen LogP contribution in [0.15, 0.2) is 66.8 Å². The topological polar surface area (TPSA) is 88.1 Å². The number of methoxy groups -OCH3 is 1.